The van der Waals surface area contributed by atoms with Gasteiger partial charge in [-0.3, -0.25) is 14.5 Å². The summed E-state index contributed by atoms with van der Waals surface area (Å²) < 4.78 is 1.92. The summed E-state index contributed by atoms with van der Waals surface area (Å²) >= 11 is 0. The van der Waals surface area contributed by atoms with Gasteiger partial charge in [-0.1, -0.05) is 13.8 Å². The Bertz CT molecular complexity index is 406. The molecule has 1 N–H and O–H groups in total. The van der Waals surface area contributed by atoms with Gasteiger partial charge in [0.15, 0.2) is 0 Å². The maximum absolute atomic E-state index is 9.38. The Morgan fingerprint density at radius 3 is 2.50 bits per heavy atom. The van der Waals surface area contributed by atoms with Crippen molar-refractivity contribution in [3.05, 3.63) is 17.5 Å². The third-order valence-corrected chi connectivity index (χ3v) is 4.33. The standard InChI is InChI=1S/C15H28N4O/c1-4-14(12-20)19-8-6-18(7-9-19)11-13-10-17(3)16-15(13)5-2/h10,14,20H,4-9,11-12H2,1-3H3. The first kappa shape index (κ1) is 15.5. The van der Waals surface area contributed by atoms with Crippen LogP contribution in [0.15, 0.2) is 6.20 Å². The van der Waals surface area contributed by atoms with Crippen LogP contribution >= 0.6 is 0 Å². The quantitative estimate of drug-likeness (QED) is 0.840. The molecule has 2 rings (SSSR count). The summed E-state index contributed by atoms with van der Waals surface area (Å²) in [6, 6.07) is 0.335. The lowest BCUT2D eigenvalue weighted by atomic mass is 10.1. The Balaban J connectivity index is 1.88. The average Bonchev–Trinajstić information content (AvgIpc) is 2.82. The van der Waals surface area contributed by atoms with E-state index < -0.39 is 0 Å². The van der Waals surface area contributed by atoms with Gasteiger partial charge in [0.2, 0.25) is 0 Å². The highest BCUT2D eigenvalue weighted by Crippen LogP contribution is 2.14. The van der Waals surface area contributed by atoms with Gasteiger partial charge in [0, 0.05) is 57.6 Å². The van der Waals surface area contributed by atoms with Gasteiger partial charge in [0.25, 0.3) is 0 Å². The van der Waals surface area contributed by atoms with Crippen molar-refractivity contribution in [3.8, 4) is 0 Å². The van der Waals surface area contributed by atoms with Gasteiger partial charge in [-0.05, 0) is 12.8 Å². The van der Waals surface area contributed by atoms with Gasteiger partial charge >= 0.3 is 0 Å². The monoisotopic (exact) mass is 280 g/mol. The minimum atomic E-state index is 0.277. The molecule has 2 heterocycles. The lowest BCUT2D eigenvalue weighted by Crippen LogP contribution is -2.50. The molecule has 0 saturated carbocycles. The maximum atomic E-state index is 9.38. The zero-order valence-electron chi connectivity index (χ0n) is 13.0. The van der Waals surface area contributed by atoms with E-state index in [0.717, 1.165) is 45.6 Å². The van der Waals surface area contributed by atoms with Crippen LogP contribution in [0.5, 0.6) is 0 Å². The Hall–Kier alpha value is -0.910. The normalized spacial score (nSPS) is 19.4. The van der Waals surface area contributed by atoms with E-state index in [4.69, 9.17) is 0 Å². The predicted octanol–water partition coefficient (Wildman–Crippen LogP) is 0.871. The van der Waals surface area contributed by atoms with Crippen LogP contribution in [0.2, 0.25) is 0 Å². The molecule has 1 unspecified atom stereocenters. The maximum Gasteiger partial charge on any atom is 0.0666 e. The molecular weight excluding hydrogens is 252 g/mol. The largest absolute Gasteiger partial charge is 0.395 e. The molecule has 20 heavy (non-hydrogen) atoms. The molecule has 0 bridgehead atoms. The van der Waals surface area contributed by atoms with Gasteiger partial charge in [-0.25, -0.2) is 0 Å². The molecule has 1 aromatic heterocycles. The van der Waals surface area contributed by atoms with E-state index in [-0.39, 0.29) is 6.61 Å². The van der Waals surface area contributed by atoms with Gasteiger partial charge in [-0.15, -0.1) is 0 Å². The van der Waals surface area contributed by atoms with Crippen LogP contribution in [0.4, 0.5) is 0 Å². The Labute approximate surface area is 122 Å². The van der Waals surface area contributed by atoms with Gasteiger partial charge in [0.1, 0.15) is 0 Å². The number of aliphatic hydroxyl groups excluding tert-OH is 1. The Kier molecular flexibility index (Phi) is 5.57. The highest BCUT2D eigenvalue weighted by molar-refractivity contribution is 5.16. The fraction of sp³-hybridized carbons (Fsp3) is 0.800. The van der Waals surface area contributed by atoms with Crippen molar-refractivity contribution in [3.63, 3.8) is 0 Å². The Morgan fingerprint density at radius 2 is 1.95 bits per heavy atom. The number of aromatic nitrogens is 2. The molecular formula is C15H28N4O. The fourth-order valence-corrected chi connectivity index (χ4v) is 3.04. The number of nitrogens with zero attached hydrogens (tertiary/aromatic N) is 4. The number of rotatable bonds is 6. The second-order valence-corrected chi connectivity index (χ2v) is 5.69. The third kappa shape index (κ3) is 3.59. The summed E-state index contributed by atoms with van der Waals surface area (Å²) in [5.74, 6) is 0. The minimum Gasteiger partial charge on any atom is -0.395 e. The molecule has 0 aliphatic carbocycles. The lowest BCUT2D eigenvalue weighted by molar-refractivity contribution is 0.0607. The van der Waals surface area contributed by atoms with Crippen LogP contribution in [0.1, 0.15) is 31.5 Å². The summed E-state index contributed by atoms with van der Waals surface area (Å²) in [5.41, 5.74) is 2.58. The van der Waals surface area contributed by atoms with Crippen LogP contribution < -0.4 is 0 Å². The molecule has 0 radical (unpaired) electrons. The van der Waals surface area contributed by atoms with Crippen LogP contribution in [0, 0.1) is 0 Å². The molecule has 114 valence electrons. The second-order valence-electron chi connectivity index (χ2n) is 5.69. The van der Waals surface area contributed by atoms with Crippen molar-refractivity contribution >= 4 is 0 Å². The number of piperazine rings is 1. The molecule has 1 atom stereocenters. The summed E-state index contributed by atoms with van der Waals surface area (Å²) in [6.45, 7) is 9.86. The molecule has 1 aliphatic rings. The van der Waals surface area contributed by atoms with Gasteiger partial charge in [-0.2, -0.15) is 5.10 Å². The molecule has 5 heteroatoms. The smallest absolute Gasteiger partial charge is 0.0666 e. The first-order valence-electron chi connectivity index (χ1n) is 7.76. The number of hydrogen-bond acceptors (Lipinski definition) is 4. The summed E-state index contributed by atoms with van der Waals surface area (Å²) in [6.07, 6.45) is 4.17. The summed E-state index contributed by atoms with van der Waals surface area (Å²) in [4.78, 5) is 4.91. The minimum absolute atomic E-state index is 0.277. The topological polar surface area (TPSA) is 44.5 Å². The van der Waals surface area contributed by atoms with Gasteiger partial charge < -0.3 is 5.11 Å². The molecule has 0 aromatic carbocycles. The highest BCUT2D eigenvalue weighted by Gasteiger charge is 2.22. The summed E-state index contributed by atoms with van der Waals surface area (Å²) in [7, 11) is 1.99. The van der Waals surface area contributed by atoms with Crippen LogP contribution in [0.3, 0.4) is 0 Å². The zero-order chi connectivity index (χ0) is 14.5. The van der Waals surface area contributed by atoms with E-state index in [9.17, 15) is 5.11 Å². The van der Waals surface area contributed by atoms with E-state index in [1.807, 2.05) is 11.7 Å². The molecule has 1 fully saturated rings. The fourth-order valence-electron chi connectivity index (χ4n) is 3.04. The van der Waals surface area contributed by atoms with Crippen LogP contribution in [-0.2, 0) is 20.0 Å². The Morgan fingerprint density at radius 1 is 1.25 bits per heavy atom. The number of hydrogen-bond donors (Lipinski definition) is 1. The highest BCUT2D eigenvalue weighted by atomic mass is 16.3. The van der Waals surface area contributed by atoms with Crippen molar-refractivity contribution in [1.29, 1.82) is 0 Å². The van der Waals surface area contributed by atoms with E-state index >= 15 is 0 Å². The average molecular weight is 280 g/mol. The van der Waals surface area contributed by atoms with Gasteiger partial charge in [0.05, 0.1) is 12.3 Å². The number of aliphatic hydroxyl groups is 1. The lowest BCUT2D eigenvalue weighted by Gasteiger charge is -2.38. The molecule has 1 aliphatic heterocycles. The van der Waals surface area contributed by atoms with E-state index in [1.54, 1.807) is 0 Å². The molecule has 0 amide bonds. The van der Waals surface area contributed by atoms with Crippen molar-refractivity contribution in [2.24, 2.45) is 7.05 Å². The van der Waals surface area contributed by atoms with Crippen molar-refractivity contribution in [2.75, 3.05) is 32.8 Å². The predicted molar refractivity (Wildman–Crippen MR) is 80.6 cm³/mol. The van der Waals surface area contributed by atoms with E-state index in [1.165, 1.54) is 11.3 Å². The molecule has 5 nitrogen and oxygen atoms in total. The summed E-state index contributed by atoms with van der Waals surface area (Å²) in [5, 5.41) is 13.9. The SMILES string of the molecule is CCc1nn(C)cc1CN1CCN(C(CC)CO)CC1. The molecule has 1 aromatic rings. The van der Waals surface area contributed by atoms with Crippen LogP contribution in [-0.4, -0.2) is 63.5 Å². The van der Waals surface area contributed by atoms with Crippen molar-refractivity contribution in [1.82, 2.24) is 19.6 Å². The first-order valence-corrected chi connectivity index (χ1v) is 7.76. The number of aryl methyl sites for hydroxylation is 2. The van der Waals surface area contributed by atoms with Crippen molar-refractivity contribution < 1.29 is 5.11 Å². The molecule has 0 spiro atoms. The van der Waals surface area contributed by atoms with E-state index in [0.29, 0.717) is 6.04 Å². The van der Waals surface area contributed by atoms with E-state index in [2.05, 4.69) is 34.9 Å². The second kappa shape index (κ2) is 7.20. The van der Waals surface area contributed by atoms with Crippen LogP contribution in [0.25, 0.3) is 0 Å². The zero-order valence-corrected chi connectivity index (χ0v) is 13.0. The van der Waals surface area contributed by atoms with Crippen molar-refractivity contribution in [2.45, 2.75) is 39.3 Å². The third-order valence-electron chi connectivity index (χ3n) is 4.33. The molecule has 1 saturated heterocycles. The first-order chi connectivity index (χ1) is 9.67.